The van der Waals surface area contributed by atoms with Crippen molar-refractivity contribution in [2.75, 3.05) is 13.2 Å². The third-order valence-corrected chi connectivity index (χ3v) is 5.45. The van der Waals surface area contributed by atoms with Crippen LogP contribution in [0.3, 0.4) is 0 Å². The number of aryl methyl sites for hydroxylation is 2. The Hall–Kier alpha value is -1.66. The average molecular weight is 360 g/mol. The molecule has 1 fully saturated rings. The van der Waals surface area contributed by atoms with Crippen molar-refractivity contribution in [1.82, 2.24) is 24.6 Å². The lowest BCUT2D eigenvalue weighted by atomic mass is 9.91. The summed E-state index contributed by atoms with van der Waals surface area (Å²) < 4.78 is 9.84. The minimum absolute atomic E-state index is 0.00707. The molecule has 3 heterocycles. The highest BCUT2D eigenvalue weighted by Crippen LogP contribution is 2.30. The van der Waals surface area contributed by atoms with E-state index in [1.807, 2.05) is 12.4 Å². The van der Waals surface area contributed by atoms with Crippen LogP contribution in [0.4, 0.5) is 0 Å². The molecule has 0 unspecified atom stereocenters. The lowest BCUT2D eigenvalue weighted by Gasteiger charge is -2.31. The quantitative estimate of drug-likeness (QED) is 0.890. The van der Waals surface area contributed by atoms with Gasteiger partial charge in [0.05, 0.1) is 17.3 Å². The van der Waals surface area contributed by atoms with Gasteiger partial charge >= 0.3 is 0 Å². The summed E-state index contributed by atoms with van der Waals surface area (Å²) in [6.45, 7) is 13.4. The van der Waals surface area contributed by atoms with Gasteiger partial charge < -0.3 is 14.6 Å². The molecule has 2 aromatic heterocycles. The third-order valence-electron chi connectivity index (χ3n) is 5.45. The van der Waals surface area contributed by atoms with Gasteiger partial charge in [-0.2, -0.15) is 5.10 Å². The normalized spacial score (nSPS) is 17.6. The first-order valence-corrected chi connectivity index (χ1v) is 9.63. The smallest absolute Gasteiger partial charge is 0.125 e. The van der Waals surface area contributed by atoms with Gasteiger partial charge in [0.2, 0.25) is 0 Å². The van der Waals surface area contributed by atoms with Gasteiger partial charge in [-0.15, -0.1) is 0 Å². The number of imidazole rings is 1. The summed E-state index contributed by atoms with van der Waals surface area (Å²) in [6, 6.07) is 0.232. The minimum Gasteiger partial charge on any atom is -0.381 e. The molecule has 144 valence electrons. The summed E-state index contributed by atoms with van der Waals surface area (Å²) in [6.07, 6.45) is 6.06. The van der Waals surface area contributed by atoms with Crippen LogP contribution in [0.5, 0.6) is 0 Å². The predicted octanol–water partition coefficient (Wildman–Crippen LogP) is 3.25. The van der Waals surface area contributed by atoms with Crippen LogP contribution in [0.1, 0.15) is 62.4 Å². The Morgan fingerprint density at radius 1 is 1.27 bits per heavy atom. The second-order valence-electron chi connectivity index (χ2n) is 8.44. The van der Waals surface area contributed by atoms with Crippen molar-refractivity contribution in [2.24, 2.45) is 13.0 Å². The van der Waals surface area contributed by atoms with Gasteiger partial charge in [0, 0.05) is 50.5 Å². The van der Waals surface area contributed by atoms with Crippen LogP contribution in [0, 0.1) is 19.8 Å². The number of nitrogens with one attached hydrogen (secondary N) is 1. The van der Waals surface area contributed by atoms with Crippen LogP contribution in [0.2, 0.25) is 0 Å². The molecule has 0 saturated carbocycles. The summed E-state index contributed by atoms with van der Waals surface area (Å²) in [5, 5.41) is 8.59. The number of rotatable bonds is 5. The van der Waals surface area contributed by atoms with E-state index >= 15 is 0 Å². The van der Waals surface area contributed by atoms with Crippen LogP contribution >= 0.6 is 0 Å². The maximum atomic E-state index is 5.57. The van der Waals surface area contributed by atoms with Crippen molar-refractivity contribution < 1.29 is 4.74 Å². The van der Waals surface area contributed by atoms with Gasteiger partial charge in [-0.25, -0.2) is 4.98 Å². The van der Waals surface area contributed by atoms with E-state index in [1.54, 1.807) is 0 Å². The van der Waals surface area contributed by atoms with Crippen molar-refractivity contribution in [3.63, 3.8) is 0 Å². The molecule has 1 aliphatic heterocycles. The molecule has 0 bridgehead atoms. The van der Waals surface area contributed by atoms with Crippen molar-refractivity contribution in [2.45, 2.75) is 65.6 Å². The van der Waals surface area contributed by atoms with Crippen molar-refractivity contribution in [3.8, 4) is 0 Å². The van der Waals surface area contributed by atoms with E-state index in [9.17, 15) is 0 Å². The van der Waals surface area contributed by atoms with Crippen LogP contribution in [0.25, 0.3) is 0 Å². The molecule has 1 aliphatic rings. The summed E-state index contributed by atoms with van der Waals surface area (Å²) in [4.78, 5) is 4.63. The molecule has 3 rings (SSSR count). The Labute approximate surface area is 157 Å². The molecular weight excluding hydrogens is 326 g/mol. The first-order chi connectivity index (χ1) is 12.3. The Balaban J connectivity index is 1.82. The van der Waals surface area contributed by atoms with E-state index in [0.717, 1.165) is 44.1 Å². The minimum atomic E-state index is -0.00707. The molecule has 1 N–H and O–H groups in total. The molecule has 0 aliphatic carbocycles. The molecule has 0 spiro atoms. The lowest BCUT2D eigenvalue weighted by Crippen LogP contribution is -2.34. The number of aromatic nitrogens is 4. The molecule has 6 heteroatoms. The molecular formula is C20H33N5O. The van der Waals surface area contributed by atoms with Gasteiger partial charge in [0.25, 0.3) is 0 Å². The predicted molar refractivity (Wildman–Crippen MR) is 103 cm³/mol. The van der Waals surface area contributed by atoms with Crippen LogP contribution < -0.4 is 5.32 Å². The maximum absolute atomic E-state index is 5.57. The molecule has 0 aromatic carbocycles. The average Bonchev–Trinajstić information content (AvgIpc) is 3.13. The zero-order chi connectivity index (χ0) is 18.9. The van der Waals surface area contributed by atoms with Crippen LogP contribution in [0.15, 0.2) is 12.4 Å². The number of hydrogen-bond acceptors (Lipinski definition) is 4. The SMILES string of the molecule is Cc1nn(C(C)(C)C)c(C)c1CN[C@@H](c1nccn1C)C1CCOCC1. The van der Waals surface area contributed by atoms with E-state index in [2.05, 4.69) is 61.2 Å². The van der Waals surface area contributed by atoms with Gasteiger partial charge in [-0.1, -0.05) is 0 Å². The highest BCUT2D eigenvalue weighted by Gasteiger charge is 2.29. The monoisotopic (exact) mass is 359 g/mol. The fourth-order valence-electron chi connectivity index (χ4n) is 3.99. The first-order valence-electron chi connectivity index (χ1n) is 9.63. The highest BCUT2D eigenvalue weighted by molar-refractivity contribution is 5.25. The van der Waals surface area contributed by atoms with Gasteiger partial charge in [0.15, 0.2) is 0 Å². The zero-order valence-corrected chi connectivity index (χ0v) is 17.0. The van der Waals surface area contributed by atoms with Gasteiger partial charge in [-0.3, -0.25) is 4.68 Å². The van der Waals surface area contributed by atoms with E-state index in [4.69, 9.17) is 9.84 Å². The summed E-state index contributed by atoms with van der Waals surface area (Å²) in [5.74, 6) is 1.65. The topological polar surface area (TPSA) is 56.9 Å². The maximum Gasteiger partial charge on any atom is 0.125 e. The molecule has 2 aromatic rings. The van der Waals surface area contributed by atoms with Crippen LogP contribution in [-0.4, -0.2) is 32.5 Å². The number of ether oxygens (including phenoxy) is 1. The standard InChI is InChI=1S/C20H33N5O/c1-14-17(15(2)25(23-14)20(3,4)5)13-22-18(16-7-11-26-12-8-16)19-21-9-10-24(19)6/h9-10,16,18,22H,7-8,11-13H2,1-6H3/t18-/m1/s1. The first kappa shape index (κ1) is 19.1. The largest absolute Gasteiger partial charge is 0.381 e. The van der Waals surface area contributed by atoms with E-state index in [0.29, 0.717) is 5.92 Å². The number of nitrogens with zero attached hydrogens (tertiary/aromatic N) is 4. The molecule has 0 amide bonds. The Bertz CT molecular complexity index is 734. The van der Waals surface area contributed by atoms with Crippen molar-refractivity contribution in [3.05, 3.63) is 35.2 Å². The molecule has 0 radical (unpaired) electrons. The molecule has 1 atom stereocenters. The summed E-state index contributed by atoms with van der Waals surface area (Å²) in [7, 11) is 2.07. The Morgan fingerprint density at radius 3 is 2.50 bits per heavy atom. The van der Waals surface area contributed by atoms with Crippen LogP contribution in [-0.2, 0) is 23.9 Å². The highest BCUT2D eigenvalue weighted by atomic mass is 16.5. The second kappa shape index (κ2) is 7.53. The summed E-state index contributed by atoms with van der Waals surface area (Å²) in [5.41, 5.74) is 3.64. The van der Waals surface area contributed by atoms with E-state index in [-0.39, 0.29) is 11.6 Å². The van der Waals surface area contributed by atoms with Gasteiger partial charge in [0.1, 0.15) is 5.82 Å². The number of hydrogen-bond donors (Lipinski definition) is 1. The molecule has 26 heavy (non-hydrogen) atoms. The molecule has 1 saturated heterocycles. The fraction of sp³-hybridized carbons (Fsp3) is 0.700. The van der Waals surface area contributed by atoms with Gasteiger partial charge in [-0.05, 0) is 53.4 Å². The summed E-state index contributed by atoms with van der Waals surface area (Å²) >= 11 is 0. The second-order valence-corrected chi connectivity index (χ2v) is 8.44. The lowest BCUT2D eigenvalue weighted by molar-refractivity contribution is 0.0518. The van der Waals surface area contributed by atoms with E-state index < -0.39 is 0 Å². The van der Waals surface area contributed by atoms with Crippen molar-refractivity contribution >= 4 is 0 Å². The zero-order valence-electron chi connectivity index (χ0n) is 17.0. The molecule has 6 nitrogen and oxygen atoms in total. The fourth-order valence-corrected chi connectivity index (χ4v) is 3.99. The Morgan fingerprint density at radius 2 is 1.96 bits per heavy atom. The van der Waals surface area contributed by atoms with Crippen molar-refractivity contribution in [1.29, 1.82) is 0 Å². The third kappa shape index (κ3) is 3.86. The Kier molecular flexibility index (Phi) is 5.53. The van der Waals surface area contributed by atoms with E-state index in [1.165, 1.54) is 11.3 Å².